The van der Waals surface area contributed by atoms with E-state index in [1.165, 1.54) is 0 Å². The molecule has 1 aromatic heterocycles. The van der Waals surface area contributed by atoms with Crippen molar-refractivity contribution in [2.75, 3.05) is 11.9 Å². The molecule has 2 N–H and O–H groups in total. The first-order chi connectivity index (χ1) is 10.6. The van der Waals surface area contributed by atoms with Gasteiger partial charge in [0.25, 0.3) is 0 Å². The lowest BCUT2D eigenvalue weighted by molar-refractivity contribution is 0.208. The van der Waals surface area contributed by atoms with Crippen LogP contribution in [0.1, 0.15) is 6.92 Å². The number of benzene rings is 2. The van der Waals surface area contributed by atoms with Crippen molar-refractivity contribution in [2.45, 2.75) is 13.0 Å². The second-order valence-electron chi connectivity index (χ2n) is 5.15. The van der Waals surface area contributed by atoms with E-state index in [-0.39, 0.29) is 0 Å². The highest BCUT2D eigenvalue weighted by Crippen LogP contribution is 2.26. The molecule has 5 heteroatoms. The molecule has 1 atom stereocenters. The van der Waals surface area contributed by atoms with Crippen LogP contribution in [-0.2, 0) is 0 Å². The molecule has 0 unspecified atom stereocenters. The van der Waals surface area contributed by atoms with E-state index in [0.717, 1.165) is 16.5 Å². The van der Waals surface area contributed by atoms with Crippen LogP contribution >= 0.6 is 11.6 Å². The number of aliphatic hydroxyl groups is 1. The van der Waals surface area contributed by atoms with E-state index in [1.807, 2.05) is 48.5 Å². The topological polar surface area (TPSA) is 58.0 Å². The van der Waals surface area contributed by atoms with Crippen molar-refractivity contribution in [2.24, 2.45) is 0 Å². The summed E-state index contributed by atoms with van der Waals surface area (Å²) in [6.45, 7) is 2.16. The van der Waals surface area contributed by atoms with Gasteiger partial charge in [0.05, 0.1) is 11.6 Å². The summed E-state index contributed by atoms with van der Waals surface area (Å²) in [4.78, 5) is 9.19. The fourth-order valence-electron chi connectivity index (χ4n) is 2.21. The van der Waals surface area contributed by atoms with Crippen LogP contribution in [0.2, 0.25) is 5.02 Å². The molecule has 2 aromatic carbocycles. The molecule has 0 saturated heterocycles. The largest absolute Gasteiger partial charge is 0.392 e. The van der Waals surface area contributed by atoms with Gasteiger partial charge in [0.2, 0.25) is 0 Å². The number of hydrogen-bond donors (Lipinski definition) is 2. The highest BCUT2D eigenvalue weighted by Gasteiger charge is 2.10. The Kier molecular flexibility index (Phi) is 4.22. The maximum atomic E-state index is 9.49. The third-order valence-electron chi connectivity index (χ3n) is 3.25. The average molecular weight is 314 g/mol. The third-order valence-corrected chi connectivity index (χ3v) is 3.49. The standard InChI is InChI=1S/C17H16ClN3O/c1-11(22)10-19-17-14-7-2-3-8-15(14)20-16(21-17)12-5-4-6-13(18)9-12/h2-9,11,22H,10H2,1H3,(H,19,20,21)/t11-/m0/s1. The SMILES string of the molecule is C[C@H](O)CNc1nc(-c2cccc(Cl)c2)nc2ccccc12. The molecule has 0 fully saturated rings. The second kappa shape index (κ2) is 6.30. The number of nitrogens with one attached hydrogen (secondary N) is 1. The Hall–Kier alpha value is -2.17. The fourth-order valence-corrected chi connectivity index (χ4v) is 2.40. The van der Waals surface area contributed by atoms with E-state index in [4.69, 9.17) is 11.6 Å². The van der Waals surface area contributed by atoms with Crippen molar-refractivity contribution in [1.29, 1.82) is 0 Å². The Labute approximate surface area is 133 Å². The van der Waals surface area contributed by atoms with Crippen molar-refractivity contribution < 1.29 is 5.11 Å². The van der Waals surface area contributed by atoms with Crippen molar-refractivity contribution >= 4 is 28.3 Å². The van der Waals surface area contributed by atoms with Crippen molar-refractivity contribution in [3.05, 3.63) is 53.6 Å². The van der Waals surface area contributed by atoms with Gasteiger partial charge in [-0.25, -0.2) is 9.97 Å². The first-order valence-electron chi connectivity index (χ1n) is 7.08. The Bertz CT molecular complexity index is 805. The molecule has 112 valence electrons. The Morgan fingerprint density at radius 3 is 2.73 bits per heavy atom. The van der Waals surface area contributed by atoms with E-state index >= 15 is 0 Å². The number of hydrogen-bond acceptors (Lipinski definition) is 4. The summed E-state index contributed by atoms with van der Waals surface area (Å²) in [6, 6.07) is 15.2. The van der Waals surface area contributed by atoms with Crippen LogP contribution in [0, 0.1) is 0 Å². The smallest absolute Gasteiger partial charge is 0.162 e. The van der Waals surface area contributed by atoms with Gasteiger partial charge in [0, 0.05) is 22.5 Å². The summed E-state index contributed by atoms with van der Waals surface area (Å²) in [5, 5.41) is 14.2. The molecular weight excluding hydrogens is 298 g/mol. The van der Waals surface area contributed by atoms with E-state index in [9.17, 15) is 5.11 Å². The predicted molar refractivity (Wildman–Crippen MR) is 90.2 cm³/mol. The maximum absolute atomic E-state index is 9.49. The van der Waals surface area contributed by atoms with Gasteiger partial charge in [-0.2, -0.15) is 0 Å². The summed E-state index contributed by atoms with van der Waals surface area (Å²) in [5.41, 5.74) is 1.71. The van der Waals surface area contributed by atoms with Crippen LogP contribution in [0.25, 0.3) is 22.3 Å². The molecule has 3 rings (SSSR count). The third kappa shape index (κ3) is 3.18. The molecule has 4 nitrogen and oxygen atoms in total. The molecule has 0 radical (unpaired) electrons. The molecule has 3 aromatic rings. The quantitative estimate of drug-likeness (QED) is 0.770. The molecule has 22 heavy (non-hydrogen) atoms. The van der Waals surface area contributed by atoms with Crippen molar-refractivity contribution in [3.63, 3.8) is 0 Å². The van der Waals surface area contributed by atoms with E-state index in [1.54, 1.807) is 6.92 Å². The van der Waals surface area contributed by atoms with Crippen LogP contribution in [0.5, 0.6) is 0 Å². The summed E-state index contributed by atoms with van der Waals surface area (Å²) in [6.07, 6.45) is -0.455. The number of rotatable bonds is 4. The summed E-state index contributed by atoms with van der Waals surface area (Å²) >= 11 is 6.05. The lowest BCUT2D eigenvalue weighted by Crippen LogP contribution is -2.16. The molecular formula is C17H16ClN3O. The number of anilines is 1. The lowest BCUT2D eigenvalue weighted by Gasteiger charge is -2.12. The molecule has 1 heterocycles. The fraction of sp³-hybridized carbons (Fsp3) is 0.176. The number of para-hydroxylation sites is 1. The van der Waals surface area contributed by atoms with Gasteiger partial charge in [-0.1, -0.05) is 35.9 Å². The minimum Gasteiger partial charge on any atom is -0.392 e. The van der Waals surface area contributed by atoms with Crippen LogP contribution in [0.3, 0.4) is 0 Å². The monoisotopic (exact) mass is 313 g/mol. The summed E-state index contributed by atoms with van der Waals surface area (Å²) in [7, 11) is 0. The van der Waals surface area contributed by atoms with Gasteiger partial charge in [0.15, 0.2) is 5.82 Å². The van der Waals surface area contributed by atoms with E-state index < -0.39 is 6.10 Å². The summed E-state index contributed by atoms with van der Waals surface area (Å²) < 4.78 is 0. The minimum absolute atomic E-state index is 0.427. The van der Waals surface area contributed by atoms with Crippen molar-refractivity contribution in [3.8, 4) is 11.4 Å². The van der Waals surface area contributed by atoms with Crippen LogP contribution in [-0.4, -0.2) is 27.7 Å². The molecule has 0 aliphatic heterocycles. The zero-order chi connectivity index (χ0) is 15.5. The number of aromatic nitrogens is 2. The highest BCUT2D eigenvalue weighted by atomic mass is 35.5. The number of halogens is 1. The van der Waals surface area contributed by atoms with Crippen LogP contribution < -0.4 is 5.32 Å². The van der Waals surface area contributed by atoms with Crippen molar-refractivity contribution in [1.82, 2.24) is 9.97 Å². The van der Waals surface area contributed by atoms with Crippen LogP contribution in [0.4, 0.5) is 5.82 Å². The lowest BCUT2D eigenvalue weighted by atomic mass is 10.2. The highest BCUT2D eigenvalue weighted by molar-refractivity contribution is 6.30. The molecule has 0 saturated carbocycles. The Morgan fingerprint density at radius 2 is 1.95 bits per heavy atom. The van der Waals surface area contributed by atoms with Gasteiger partial charge in [-0.05, 0) is 31.2 Å². The zero-order valence-electron chi connectivity index (χ0n) is 12.1. The predicted octanol–water partition coefficient (Wildman–Crippen LogP) is 3.74. The number of fused-ring (bicyclic) bond motifs is 1. The Morgan fingerprint density at radius 1 is 1.14 bits per heavy atom. The maximum Gasteiger partial charge on any atom is 0.162 e. The van der Waals surface area contributed by atoms with Gasteiger partial charge < -0.3 is 10.4 Å². The summed E-state index contributed by atoms with van der Waals surface area (Å²) in [5.74, 6) is 1.32. The van der Waals surface area contributed by atoms with E-state index in [2.05, 4.69) is 15.3 Å². The Balaban J connectivity index is 2.11. The number of nitrogens with zero attached hydrogens (tertiary/aromatic N) is 2. The normalized spacial score (nSPS) is 12.3. The molecule has 0 amide bonds. The molecule has 0 spiro atoms. The van der Waals surface area contributed by atoms with Gasteiger partial charge in [0.1, 0.15) is 5.82 Å². The molecule has 0 aliphatic carbocycles. The first-order valence-corrected chi connectivity index (χ1v) is 7.46. The molecule has 0 bridgehead atoms. The average Bonchev–Trinajstić information content (AvgIpc) is 2.52. The van der Waals surface area contributed by atoms with Gasteiger partial charge in [-0.3, -0.25) is 0 Å². The van der Waals surface area contributed by atoms with Gasteiger partial charge in [-0.15, -0.1) is 0 Å². The second-order valence-corrected chi connectivity index (χ2v) is 5.59. The first kappa shape index (κ1) is 14.8. The number of aliphatic hydroxyl groups excluding tert-OH is 1. The zero-order valence-corrected chi connectivity index (χ0v) is 12.9. The minimum atomic E-state index is -0.455. The van der Waals surface area contributed by atoms with E-state index in [0.29, 0.717) is 23.2 Å². The van der Waals surface area contributed by atoms with Gasteiger partial charge >= 0.3 is 0 Å². The molecule has 0 aliphatic rings. The van der Waals surface area contributed by atoms with Crippen LogP contribution in [0.15, 0.2) is 48.5 Å².